The van der Waals surface area contributed by atoms with E-state index in [1.54, 1.807) is 4.90 Å². The van der Waals surface area contributed by atoms with Crippen LogP contribution in [-0.4, -0.2) is 44.9 Å². The molecule has 0 aromatic carbocycles. The molecule has 1 aromatic rings. The lowest BCUT2D eigenvalue weighted by molar-refractivity contribution is -0.159. The van der Waals surface area contributed by atoms with Crippen molar-refractivity contribution >= 4 is 11.9 Å². The Morgan fingerprint density at radius 1 is 1.30 bits per heavy atom. The molecule has 0 unspecified atom stereocenters. The van der Waals surface area contributed by atoms with Crippen LogP contribution >= 0.6 is 0 Å². The molecule has 6 heteroatoms. The van der Waals surface area contributed by atoms with E-state index in [2.05, 4.69) is 9.97 Å². The van der Waals surface area contributed by atoms with Gasteiger partial charge in [0, 0.05) is 18.9 Å². The summed E-state index contributed by atoms with van der Waals surface area (Å²) < 4.78 is 5.37. The van der Waals surface area contributed by atoms with E-state index in [0.717, 1.165) is 6.42 Å². The van der Waals surface area contributed by atoms with Gasteiger partial charge in [-0.05, 0) is 33.6 Å². The molecule has 1 aromatic heterocycles. The molecule has 1 aliphatic rings. The van der Waals surface area contributed by atoms with Crippen LogP contribution in [0.2, 0.25) is 0 Å². The van der Waals surface area contributed by atoms with Crippen LogP contribution in [-0.2, 0) is 9.53 Å². The molecule has 0 N–H and O–H groups in total. The molecule has 1 saturated heterocycles. The van der Waals surface area contributed by atoms with Gasteiger partial charge in [-0.3, -0.25) is 4.79 Å². The Kier molecular flexibility index (Phi) is 4.01. The van der Waals surface area contributed by atoms with Gasteiger partial charge in [-0.25, -0.2) is 14.8 Å². The second kappa shape index (κ2) is 5.56. The van der Waals surface area contributed by atoms with Crippen LogP contribution in [0.1, 0.15) is 44.0 Å². The van der Waals surface area contributed by atoms with Crippen molar-refractivity contribution in [3.8, 4) is 0 Å². The van der Waals surface area contributed by atoms with Gasteiger partial charge in [-0.1, -0.05) is 0 Å². The fourth-order valence-electron chi connectivity index (χ4n) is 2.20. The highest BCUT2D eigenvalue weighted by Crippen LogP contribution is 2.22. The smallest absolute Gasteiger partial charge is 0.329 e. The molecule has 1 aliphatic heterocycles. The van der Waals surface area contributed by atoms with Gasteiger partial charge < -0.3 is 9.64 Å². The number of nitrogens with zero attached hydrogens (tertiary/aromatic N) is 3. The Morgan fingerprint density at radius 2 is 1.95 bits per heavy atom. The molecular weight excluding hydrogens is 258 g/mol. The highest BCUT2D eigenvalue weighted by Gasteiger charge is 2.37. The highest BCUT2D eigenvalue weighted by molar-refractivity contribution is 5.96. The van der Waals surface area contributed by atoms with Gasteiger partial charge in [0.15, 0.2) is 0 Å². The Labute approximate surface area is 118 Å². The third-order valence-electron chi connectivity index (χ3n) is 3.00. The average molecular weight is 277 g/mol. The molecule has 1 amide bonds. The van der Waals surface area contributed by atoms with Gasteiger partial charge in [0.25, 0.3) is 5.91 Å². The number of esters is 1. The van der Waals surface area contributed by atoms with Gasteiger partial charge in [-0.2, -0.15) is 0 Å². The van der Waals surface area contributed by atoms with E-state index in [9.17, 15) is 9.59 Å². The number of ether oxygens (including phenoxy) is 1. The van der Waals surface area contributed by atoms with Gasteiger partial charge in [-0.15, -0.1) is 0 Å². The van der Waals surface area contributed by atoms with E-state index in [-0.39, 0.29) is 11.9 Å². The van der Waals surface area contributed by atoms with E-state index in [1.807, 2.05) is 20.8 Å². The average Bonchev–Trinajstić information content (AvgIpc) is 2.86. The fraction of sp³-hybridized carbons (Fsp3) is 0.571. The standard InChI is InChI=1S/C14H19N3O3/c1-14(2,3)20-13(19)11-5-4-6-17(11)12(18)10-7-15-9-16-8-10/h7-9,11H,4-6H2,1-3H3/t11-/m0/s1. The summed E-state index contributed by atoms with van der Waals surface area (Å²) in [6, 6.07) is -0.512. The quantitative estimate of drug-likeness (QED) is 0.764. The monoisotopic (exact) mass is 277 g/mol. The highest BCUT2D eigenvalue weighted by atomic mass is 16.6. The van der Waals surface area contributed by atoms with Crippen molar-refractivity contribution in [2.75, 3.05) is 6.54 Å². The number of hydrogen-bond acceptors (Lipinski definition) is 5. The number of amides is 1. The van der Waals surface area contributed by atoms with Crippen LogP contribution in [0.25, 0.3) is 0 Å². The Bertz CT molecular complexity index is 496. The normalized spacial score (nSPS) is 18.9. The lowest BCUT2D eigenvalue weighted by Crippen LogP contribution is -2.43. The number of carbonyl (C=O) groups excluding carboxylic acids is 2. The first-order valence-electron chi connectivity index (χ1n) is 6.67. The second-order valence-corrected chi connectivity index (χ2v) is 5.82. The Hall–Kier alpha value is -1.98. The predicted molar refractivity (Wildman–Crippen MR) is 71.9 cm³/mol. The van der Waals surface area contributed by atoms with Crippen LogP contribution in [0.15, 0.2) is 18.7 Å². The zero-order valence-corrected chi connectivity index (χ0v) is 12.0. The maximum atomic E-state index is 12.4. The Morgan fingerprint density at radius 3 is 2.55 bits per heavy atom. The minimum atomic E-state index is -0.551. The number of aromatic nitrogens is 2. The lowest BCUT2D eigenvalue weighted by Gasteiger charge is -2.27. The van der Waals surface area contributed by atoms with E-state index in [0.29, 0.717) is 18.5 Å². The maximum absolute atomic E-state index is 12.4. The van der Waals surface area contributed by atoms with Crippen LogP contribution < -0.4 is 0 Å². The second-order valence-electron chi connectivity index (χ2n) is 5.82. The SMILES string of the molecule is CC(C)(C)OC(=O)[C@@H]1CCCN1C(=O)c1cncnc1. The zero-order valence-electron chi connectivity index (χ0n) is 12.0. The van der Waals surface area contributed by atoms with Gasteiger partial charge in [0.05, 0.1) is 5.56 Å². The van der Waals surface area contributed by atoms with Crippen molar-refractivity contribution in [3.05, 3.63) is 24.3 Å². The first kappa shape index (κ1) is 14.4. The maximum Gasteiger partial charge on any atom is 0.329 e. The third-order valence-corrected chi connectivity index (χ3v) is 3.00. The third kappa shape index (κ3) is 3.31. The van der Waals surface area contributed by atoms with Crippen molar-refractivity contribution in [2.45, 2.75) is 45.3 Å². The topological polar surface area (TPSA) is 72.4 Å². The summed E-state index contributed by atoms with van der Waals surface area (Å²) in [5, 5.41) is 0. The first-order valence-corrected chi connectivity index (χ1v) is 6.67. The molecule has 0 spiro atoms. The van der Waals surface area contributed by atoms with Crippen molar-refractivity contribution in [1.29, 1.82) is 0 Å². The van der Waals surface area contributed by atoms with Crippen LogP contribution in [0, 0.1) is 0 Å². The number of hydrogen-bond donors (Lipinski definition) is 0. The fourth-order valence-corrected chi connectivity index (χ4v) is 2.20. The summed E-state index contributed by atoms with van der Waals surface area (Å²) >= 11 is 0. The van der Waals surface area contributed by atoms with E-state index in [1.165, 1.54) is 18.7 Å². The summed E-state index contributed by atoms with van der Waals surface area (Å²) in [5.41, 5.74) is -0.160. The van der Waals surface area contributed by atoms with Crippen molar-refractivity contribution in [2.24, 2.45) is 0 Å². The summed E-state index contributed by atoms with van der Waals surface area (Å²) in [6.45, 7) is 6.00. The molecule has 108 valence electrons. The molecule has 0 saturated carbocycles. The molecular formula is C14H19N3O3. The summed E-state index contributed by atoms with van der Waals surface area (Å²) in [6.07, 6.45) is 5.71. The minimum Gasteiger partial charge on any atom is -0.458 e. The molecule has 2 rings (SSSR count). The van der Waals surface area contributed by atoms with Crippen LogP contribution in [0.4, 0.5) is 0 Å². The van der Waals surface area contributed by atoms with Crippen LogP contribution in [0.5, 0.6) is 0 Å². The van der Waals surface area contributed by atoms with Gasteiger partial charge in [0.2, 0.25) is 0 Å². The van der Waals surface area contributed by atoms with Crippen molar-refractivity contribution in [3.63, 3.8) is 0 Å². The summed E-state index contributed by atoms with van der Waals surface area (Å²) in [7, 11) is 0. The number of rotatable bonds is 2. The molecule has 0 radical (unpaired) electrons. The number of likely N-dealkylation sites (tertiary alicyclic amines) is 1. The molecule has 1 atom stereocenters. The summed E-state index contributed by atoms with van der Waals surface area (Å²) in [5.74, 6) is -0.570. The number of carbonyl (C=O) groups is 2. The molecule has 6 nitrogen and oxygen atoms in total. The van der Waals surface area contributed by atoms with Crippen LogP contribution in [0.3, 0.4) is 0 Å². The van der Waals surface area contributed by atoms with E-state index < -0.39 is 11.6 Å². The van der Waals surface area contributed by atoms with Gasteiger partial charge >= 0.3 is 5.97 Å². The zero-order chi connectivity index (χ0) is 14.8. The Balaban J connectivity index is 2.11. The van der Waals surface area contributed by atoms with Gasteiger partial charge in [0.1, 0.15) is 18.0 Å². The lowest BCUT2D eigenvalue weighted by atomic mass is 10.1. The minimum absolute atomic E-state index is 0.223. The van der Waals surface area contributed by atoms with E-state index in [4.69, 9.17) is 4.74 Å². The molecule has 1 fully saturated rings. The first-order chi connectivity index (χ1) is 9.38. The summed E-state index contributed by atoms with van der Waals surface area (Å²) in [4.78, 5) is 33.7. The molecule has 0 bridgehead atoms. The molecule has 20 heavy (non-hydrogen) atoms. The predicted octanol–water partition coefficient (Wildman–Crippen LogP) is 1.42. The molecule has 0 aliphatic carbocycles. The van der Waals surface area contributed by atoms with Crippen molar-refractivity contribution < 1.29 is 14.3 Å². The largest absolute Gasteiger partial charge is 0.458 e. The molecule has 2 heterocycles. The van der Waals surface area contributed by atoms with E-state index >= 15 is 0 Å². The van der Waals surface area contributed by atoms with Crippen molar-refractivity contribution in [1.82, 2.24) is 14.9 Å².